The number of amides is 2. The lowest BCUT2D eigenvalue weighted by molar-refractivity contribution is -0.116. The van der Waals surface area contributed by atoms with Crippen LogP contribution in [-0.2, 0) is 4.79 Å². The van der Waals surface area contributed by atoms with E-state index in [-0.39, 0.29) is 17.9 Å². The van der Waals surface area contributed by atoms with Crippen LogP contribution in [0.25, 0.3) is 0 Å². The first-order valence-electron chi connectivity index (χ1n) is 6.77. The number of hydrogen-bond donors (Lipinski definition) is 1. The van der Waals surface area contributed by atoms with Gasteiger partial charge in [0.25, 0.3) is 5.91 Å². The second-order valence-electron chi connectivity index (χ2n) is 4.70. The summed E-state index contributed by atoms with van der Waals surface area (Å²) in [6.07, 6.45) is 0. The molecule has 22 heavy (non-hydrogen) atoms. The van der Waals surface area contributed by atoms with Gasteiger partial charge in [-0.25, -0.2) is 4.39 Å². The van der Waals surface area contributed by atoms with Gasteiger partial charge in [-0.3, -0.25) is 9.59 Å². The molecule has 7 heteroatoms. The molecule has 0 saturated carbocycles. The Balaban J connectivity index is 2.02. The Bertz CT molecular complexity index is 684. The van der Waals surface area contributed by atoms with E-state index >= 15 is 0 Å². The maximum atomic E-state index is 13.2. The van der Waals surface area contributed by atoms with Crippen LogP contribution < -0.4 is 5.32 Å². The third-order valence-corrected chi connectivity index (χ3v) is 2.97. The number of carbonyl (C=O) groups is 2. The second kappa shape index (κ2) is 6.84. The van der Waals surface area contributed by atoms with Crippen LogP contribution >= 0.6 is 0 Å². The van der Waals surface area contributed by atoms with E-state index in [1.165, 1.54) is 23.1 Å². The minimum absolute atomic E-state index is 0.155. The minimum Gasteiger partial charge on any atom is -0.360 e. The smallest absolute Gasteiger partial charge is 0.254 e. The maximum absolute atomic E-state index is 13.2. The predicted molar refractivity (Wildman–Crippen MR) is 77.8 cm³/mol. The van der Waals surface area contributed by atoms with Crippen molar-refractivity contribution in [3.8, 4) is 0 Å². The van der Waals surface area contributed by atoms with Gasteiger partial charge >= 0.3 is 0 Å². The summed E-state index contributed by atoms with van der Waals surface area (Å²) < 4.78 is 18.0. The van der Waals surface area contributed by atoms with Crippen molar-refractivity contribution < 1.29 is 18.5 Å². The van der Waals surface area contributed by atoms with E-state index in [2.05, 4.69) is 10.5 Å². The van der Waals surface area contributed by atoms with Crippen molar-refractivity contribution in [2.75, 3.05) is 18.4 Å². The summed E-state index contributed by atoms with van der Waals surface area (Å²) in [7, 11) is 0. The predicted octanol–water partition coefficient (Wildman–Crippen LogP) is 2.22. The normalized spacial score (nSPS) is 10.3. The fourth-order valence-corrected chi connectivity index (χ4v) is 1.91. The fourth-order valence-electron chi connectivity index (χ4n) is 1.91. The summed E-state index contributed by atoms with van der Waals surface area (Å²) in [6, 6.07) is 6.93. The summed E-state index contributed by atoms with van der Waals surface area (Å²) >= 11 is 0. The van der Waals surface area contributed by atoms with E-state index in [1.807, 2.05) is 0 Å². The lowest BCUT2D eigenvalue weighted by atomic mass is 10.2. The van der Waals surface area contributed by atoms with E-state index in [9.17, 15) is 14.0 Å². The molecule has 0 aliphatic rings. The van der Waals surface area contributed by atoms with Gasteiger partial charge in [-0.2, -0.15) is 0 Å². The van der Waals surface area contributed by atoms with Gasteiger partial charge in [0.1, 0.15) is 18.1 Å². The highest BCUT2D eigenvalue weighted by molar-refractivity contribution is 5.99. The Labute approximate surface area is 126 Å². The van der Waals surface area contributed by atoms with Crippen molar-refractivity contribution in [2.45, 2.75) is 13.8 Å². The Morgan fingerprint density at radius 3 is 2.73 bits per heavy atom. The average molecular weight is 305 g/mol. The zero-order chi connectivity index (χ0) is 16.1. The zero-order valence-corrected chi connectivity index (χ0v) is 12.3. The van der Waals surface area contributed by atoms with Gasteiger partial charge in [-0.1, -0.05) is 11.2 Å². The molecule has 0 aliphatic carbocycles. The van der Waals surface area contributed by atoms with Crippen LogP contribution in [0.15, 0.2) is 34.9 Å². The largest absolute Gasteiger partial charge is 0.360 e. The maximum Gasteiger partial charge on any atom is 0.254 e. The van der Waals surface area contributed by atoms with Crippen molar-refractivity contribution in [1.82, 2.24) is 10.1 Å². The Kier molecular flexibility index (Phi) is 4.88. The van der Waals surface area contributed by atoms with E-state index in [1.54, 1.807) is 19.9 Å². The standard InChI is InChI=1S/C15H16FN3O3/c1-3-19(15(21)11-5-4-6-12(16)8-11)9-14(20)17-13-7-10(2)22-18-13/h4-8H,3,9H2,1-2H3,(H,17,18,20). The number of hydrogen-bond acceptors (Lipinski definition) is 4. The Morgan fingerprint density at radius 1 is 1.36 bits per heavy atom. The fraction of sp³-hybridized carbons (Fsp3) is 0.267. The molecule has 0 fully saturated rings. The molecule has 1 N–H and O–H groups in total. The number of anilines is 1. The van der Waals surface area contributed by atoms with Crippen molar-refractivity contribution in [2.24, 2.45) is 0 Å². The van der Waals surface area contributed by atoms with Gasteiger partial charge < -0.3 is 14.7 Å². The van der Waals surface area contributed by atoms with Crippen LogP contribution in [0.5, 0.6) is 0 Å². The van der Waals surface area contributed by atoms with Crippen LogP contribution in [0.1, 0.15) is 23.0 Å². The van der Waals surface area contributed by atoms with Gasteiger partial charge in [-0.15, -0.1) is 0 Å². The summed E-state index contributed by atoms with van der Waals surface area (Å²) in [5, 5.41) is 6.18. The van der Waals surface area contributed by atoms with E-state index in [4.69, 9.17) is 4.52 Å². The van der Waals surface area contributed by atoms with Crippen LogP contribution in [-0.4, -0.2) is 35.0 Å². The van der Waals surface area contributed by atoms with Crippen LogP contribution in [0.2, 0.25) is 0 Å². The van der Waals surface area contributed by atoms with E-state index in [0.29, 0.717) is 12.3 Å². The summed E-state index contributed by atoms with van der Waals surface area (Å²) in [4.78, 5) is 25.5. The van der Waals surface area contributed by atoms with Gasteiger partial charge in [0.05, 0.1) is 0 Å². The molecule has 0 unspecified atom stereocenters. The van der Waals surface area contributed by atoms with Crippen molar-refractivity contribution >= 4 is 17.6 Å². The molecule has 116 valence electrons. The molecule has 0 saturated heterocycles. The highest BCUT2D eigenvalue weighted by Crippen LogP contribution is 2.09. The van der Waals surface area contributed by atoms with Gasteiger partial charge in [0, 0.05) is 18.2 Å². The number of benzene rings is 1. The van der Waals surface area contributed by atoms with Gasteiger partial charge in [-0.05, 0) is 32.0 Å². The second-order valence-corrected chi connectivity index (χ2v) is 4.70. The molecule has 6 nitrogen and oxygen atoms in total. The molecule has 0 bridgehead atoms. The number of carbonyl (C=O) groups excluding carboxylic acids is 2. The number of halogens is 1. The number of nitrogens with one attached hydrogen (secondary N) is 1. The molecule has 0 spiro atoms. The first kappa shape index (κ1) is 15.7. The molecule has 1 heterocycles. The van der Waals surface area contributed by atoms with Gasteiger partial charge in [0.15, 0.2) is 5.82 Å². The Morgan fingerprint density at radius 2 is 2.14 bits per heavy atom. The quantitative estimate of drug-likeness (QED) is 0.919. The van der Waals surface area contributed by atoms with Crippen molar-refractivity contribution in [1.29, 1.82) is 0 Å². The highest BCUT2D eigenvalue weighted by atomic mass is 19.1. The number of nitrogens with zero attached hydrogens (tertiary/aromatic N) is 2. The van der Waals surface area contributed by atoms with Crippen LogP contribution in [0, 0.1) is 12.7 Å². The molecule has 0 atom stereocenters. The molecule has 0 radical (unpaired) electrons. The minimum atomic E-state index is -0.496. The molecule has 0 aliphatic heterocycles. The third-order valence-electron chi connectivity index (χ3n) is 2.97. The molecule has 1 aromatic carbocycles. The number of aromatic nitrogens is 1. The molecule has 2 aromatic rings. The molecule has 2 amide bonds. The highest BCUT2D eigenvalue weighted by Gasteiger charge is 2.18. The summed E-state index contributed by atoms with van der Waals surface area (Å²) in [5.41, 5.74) is 0.201. The molecule has 1 aromatic heterocycles. The van der Waals surface area contributed by atoms with E-state index in [0.717, 1.165) is 6.07 Å². The lowest BCUT2D eigenvalue weighted by Gasteiger charge is -2.20. The SMILES string of the molecule is CCN(CC(=O)Nc1cc(C)on1)C(=O)c1cccc(F)c1. The first-order valence-corrected chi connectivity index (χ1v) is 6.77. The zero-order valence-electron chi connectivity index (χ0n) is 12.3. The third kappa shape index (κ3) is 3.91. The van der Waals surface area contributed by atoms with Crippen LogP contribution in [0.4, 0.5) is 10.2 Å². The molecule has 2 rings (SSSR count). The van der Waals surface area contributed by atoms with Crippen molar-refractivity contribution in [3.05, 3.63) is 47.5 Å². The number of aryl methyl sites for hydroxylation is 1. The lowest BCUT2D eigenvalue weighted by Crippen LogP contribution is -2.37. The monoisotopic (exact) mass is 305 g/mol. The van der Waals surface area contributed by atoms with Crippen molar-refractivity contribution in [3.63, 3.8) is 0 Å². The van der Waals surface area contributed by atoms with E-state index < -0.39 is 17.6 Å². The summed E-state index contributed by atoms with van der Waals surface area (Å²) in [6.45, 7) is 3.61. The molecular formula is C15H16FN3O3. The summed E-state index contributed by atoms with van der Waals surface area (Å²) in [5.74, 6) is -0.451. The topological polar surface area (TPSA) is 75.4 Å². The Hall–Kier alpha value is -2.70. The van der Waals surface area contributed by atoms with Crippen LogP contribution in [0.3, 0.4) is 0 Å². The molecular weight excluding hydrogens is 289 g/mol. The number of rotatable bonds is 5. The average Bonchev–Trinajstić information content (AvgIpc) is 2.89. The van der Waals surface area contributed by atoms with Gasteiger partial charge in [0.2, 0.25) is 5.91 Å². The first-order chi connectivity index (χ1) is 10.5. The number of likely N-dealkylation sites (N-methyl/N-ethyl adjacent to an activating group) is 1.